The van der Waals surface area contributed by atoms with Crippen molar-refractivity contribution < 1.29 is 22.1 Å². The molecule has 2 aromatic carbocycles. The molecule has 7 nitrogen and oxygen atoms in total. The van der Waals surface area contributed by atoms with Gasteiger partial charge in [-0.2, -0.15) is 18.2 Å². The van der Waals surface area contributed by atoms with Crippen LogP contribution < -0.4 is 11.2 Å². The van der Waals surface area contributed by atoms with E-state index in [-0.39, 0.29) is 39.7 Å². The lowest BCUT2D eigenvalue weighted by Crippen LogP contribution is -2.39. The Morgan fingerprint density at radius 1 is 1.03 bits per heavy atom. The Hall–Kier alpha value is -4.06. The molecule has 3 heterocycles. The average molecular weight is 488 g/mol. The van der Waals surface area contributed by atoms with Gasteiger partial charge in [0.05, 0.1) is 16.8 Å². The van der Waals surface area contributed by atoms with E-state index in [1.54, 1.807) is 11.4 Å². The number of hydrogen-bond acceptors (Lipinski definition) is 6. The van der Waals surface area contributed by atoms with Crippen LogP contribution in [0.15, 0.2) is 74.1 Å². The van der Waals surface area contributed by atoms with Crippen molar-refractivity contribution in [3.63, 3.8) is 0 Å². The first-order valence-corrected chi connectivity index (χ1v) is 10.6. The molecule has 0 saturated carbocycles. The van der Waals surface area contributed by atoms with E-state index in [1.807, 2.05) is 0 Å². The second-order valence-electron chi connectivity index (χ2n) is 7.19. The van der Waals surface area contributed by atoms with Crippen molar-refractivity contribution in [2.24, 2.45) is 0 Å². The molecule has 0 unspecified atom stereocenters. The summed E-state index contributed by atoms with van der Waals surface area (Å²) in [6.07, 6.45) is -4.54. The number of fused-ring (bicyclic) bond motifs is 1. The topological polar surface area (TPSA) is 82.9 Å². The van der Waals surface area contributed by atoms with Crippen molar-refractivity contribution in [1.82, 2.24) is 19.3 Å². The van der Waals surface area contributed by atoms with Crippen LogP contribution in [0.2, 0.25) is 0 Å². The standard InChI is InChI=1S/C22H12F4N4O3S/c23-14-6-1-2-7-15(14)30-20(31)18-16(8-9-34-18)29(21(30)32)11-17-27-19(28-33-17)12-4-3-5-13(10-12)22(24,25)26/h1-10H,11H2. The van der Waals surface area contributed by atoms with Crippen LogP contribution in [0, 0.1) is 5.82 Å². The van der Waals surface area contributed by atoms with E-state index < -0.39 is 28.8 Å². The predicted octanol–water partition coefficient (Wildman–Crippen LogP) is 4.47. The highest BCUT2D eigenvalue weighted by atomic mass is 32.1. The van der Waals surface area contributed by atoms with Crippen LogP contribution in [0.3, 0.4) is 0 Å². The Bertz CT molecular complexity index is 1650. The zero-order valence-electron chi connectivity index (χ0n) is 16.9. The molecular formula is C22H12F4N4O3S. The second kappa shape index (κ2) is 8.06. The fourth-order valence-electron chi connectivity index (χ4n) is 3.49. The molecule has 34 heavy (non-hydrogen) atoms. The second-order valence-corrected chi connectivity index (χ2v) is 8.10. The van der Waals surface area contributed by atoms with Gasteiger partial charge in [0.1, 0.15) is 17.1 Å². The number of para-hydroxylation sites is 1. The molecule has 12 heteroatoms. The first-order valence-electron chi connectivity index (χ1n) is 9.72. The Kier molecular flexibility index (Phi) is 5.16. The molecule has 0 atom stereocenters. The predicted molar refractivity (Wildman–Crippen MR) is 115 cm³/mol. The Morgan fingerprint density at radius 3 is 2.59 bits per heavy atom. The summed E-state index contributed by atoms with van der Waals surface area (Å²) in [6.45, 7) is -0.285. The molecule has 0 amide bonds. The summed E-state index contributed by atoms with van der Waals surface area (Å²) >= 11 is 1.08. The van der Waals surface area contributed by atoms with E-state index in [1.165, 1.54) is 34.9 Å². The lowest BCUT2D eigenvalue weighted by atomic mass is 10.1. The number of nitrogens with zero attached hydrogens (tertiary/aromatic N) is 4. The molecule has 0 radical (unpaired) electrons. The summed E-state index contributed by atoms with van der Waals surface area (Å²) in [5.41, 5.74) is -2.23. The van der Waals surface area contributed by atoms with E-state index in [9.17, 15) is 27.2 Å². The van der Waals surface area contributed by atoms with Crippen molar-refractivity contribution in [2.75, 3.05) is 0 Å². The summed E-state index contributed by atoms with van der Waals surface area (Å²) in [5, 5.41) is 5.33. The number of halogens is 4. The van der Waals surface area contributed by atoms with Gasteiger partial charge in [0.25, 0.3) is 5.56 Å². The first kappa shape index (κ1) is 21.8. The number of benzene rings is 2. The molecular weight excluding hydrogens is 476 g/mol. The number of thiophene rings is 1. The lowest BCUT2D eigenvalue weighted by molar-refractivity contribution is -0.137. The molecule has 0 aliphatic heterocycles. The third-order valence-electron chi connectivity index (χ3n) is 5.06. The van der Waals surface area contributed by atoms with Gasteiger partial charge in [-0.3, -0.25) is 9.36 Å². The van der Waals surface area contributed by atoms with Gasteiger partial charge >= 0.3 is 11.9 Å². The third-order valence-corrected chi connectivity index (χ3v) is 5.95. The van der Waals surface area contributed by atoms with Crippen molar-refractivity contribution in [3.05, 3.63) is 98.1 Å². The zero-order chi connectivity index (χ0) is 24.0. The van der Waals surface area contributed by atoms with Crippen LogP contribution in [0.25, 0.3) is 27.3 Å². The average Bonchev–Trinajstić information content (AvgIpc) is 3.48. The molecule has 172 valence electrons. The Balaban J connectivity index is 1.60. The number of aromatic nitrogens is 4. The van der Waals surface area contributed by atoms with Crippen LogP contribution in [0.4, 0.5) is 17.6 Å². The van der Waals surface area contributed by atoms with Gasteiger partial charge < -0.3 is 4.52 Å². The Labute approximate surface area is 191 Å². The molecule has 0 spiro atoms. The van der Waals surface area contributed by atoms with Gasteiger partial charge in [-0.15, -0.1) is 11.3 Å². The summed E-state index contributed by atoms with van der Waals surface area (Å²) in [5.74, 6) is -0.937. The van der Waals surface area contributed by atoms with E-state index in [4.69, 9.17) is 4.52 Å². The molecule has 5 rings (SSSR count). The summed E-state index contributed by atoms with van der Waals surface area (Å²) < 4.78 is 60.7. The Morgan fingerprint density at radius 2 is 1.82 bits per heavy atom. The maximum Gasteiger partial charge on any atom is 0.416 e. The minimum atomic E-state index is -4.54. The number of rotatable bonds is 4. The normalized spacial score (nSPS) is 11.9. The van der Waals surface area contributed by atoms with Gasteiger partial charge in [0.15, 0.2) is 0 Å². The minimum absolute atomic E-state index is 0.0779. The largest absolute Gasteiger partial charge is 0.416 e. The zero-order valence-corrected chi connectivity index (χ0v) is 17.7. The van der Waals surface area contributed by atoms with Crippen LogP contribution in [0.1, 0.15) is 11.5 Å². The maximum atomic E-state index is 14.4. The molecule has 3 aromatic heterocycles. The van der Waals surface area contributed by atoms with Crippen LogP contribution >= 0.6 is 11.3 Å². The van der Waals surface area contributed by atoms with Gasteiger partial charge in [-0.25, -0.2) is 13.8 Å². The highest BCUT2D eigenvalue weighted by Gasteiger charge is 2.31. The quantitative estimate of drug-likeness (QED) is 0.349. The van der Waals surface area contributed by atoms with Gasteiger partial charge in [-0.1, -0.05) is 29.4 Å². The van der Waals surface area contributed by atoms with Crippen LogP contribution in [-0.4, -0.2) is 19.3 Å². The van der Waals surface area contributed by atoms with Gasteiger partial charge in [0, 0.05) is 5.56 Å². The highest BCUT2D eigenvalue weighted by Crippen LogP contribution is 2.31. The molecule has 0 aliphatic carbocycles. The molecule has 0 aliphatic rings. The molecule has 0 bridgehead atoms. The summed E-state index contributed by atoms with van der Waals surface area (Å²) in [4.78, 5) is 30.3. The third kappa shape index (κ3) is 3.71. The van der Waals surface area contributed by atoms with Crippen LogP contribution in [0.5, 0.6) is 0 Å². The molecule has 0 N–H and O–H groups in total. The van der Waals surface area contributed by atoms with E-state index >= 15 is 0 Å². The molecule has 0 fully saturated rings. The molecule has 0 saturated heterocycles. The van der Waals surface area contributed by atoms with Gasteiger partial charge in [0.2, 0.25) is 11.7 Å². The van der Waals surface area contributed by atoms with Crippen molar-refractivity contribution in [3.8, 4) is 17.1 Å². The van der Waals surface area contributed by atoms with Crippen molar-refractivity contribution in [1.29, 1.82) is 0 Å². The van der Waals surface area contributed by atoms with Crippen LogP contribution in [-0.2, 0) is 12.7 Å². The highest BCUT2D eigenvalue weighted by molar-refractivity contribution is 7.17. The number of hydrogen-bond donors (Lipinski definition) is 0. The van der Waals surface area contributed by atoms with Crippen molar-refractivity contribution >= 4 is 21.6 Å². The van der Waals surface area contributed by atoms with Gasteiger partial charge in [-0.05, 0) is 35.7 Å². The maximum absolute atomic E-state index is 14.4. The summed E-state index contributed by atoms with van der Waals surface area (Å²) in [7, 11) is 0. The lowest BCUT2D eigenvalue weighted by Gasteiger charge is -2.11. The van der Waals surface area contributed by atoms with E-state index in [0.717, 1.165) is 34.1 Å². The minimum Gasteiger partial charge on any atom is -0.337 e. The monoisotopic (exact) mass is 488 g/mol. The fraction of sp³-hybridized carbons (Fsp3) is 0.0909. The van der Waals surface area contributed by atoms with E-state index in [2.05, 4.69) is 10.1 Å². The molecule has 5 aromatic rings. The first-order chi connectivity index (χ1) is 16.2. The van der Waals surface area contributed by atoms with E-state index in [0.29, 0.717) is 0 Å². The smallest absolute Gasteiger partial charge is 0.337 e. The SMILES string of the molecule is O=c1c2sccc2n(Cc2nc(-c3cccc(C(F)(F)F)c3)no2)c(=O)n1-c1ccccc1F. The summed E-state index contributed by atoms with van der Waals surface area (Å²) in [6, 6.07) is 11.3. The van der Waals surface area contributed by atoms with Crippen molar-refractivity contribution in [2.45, 2.75) is 12.7 Å². The fourth-order valence-corrected chi connectivity index (χ4v) is 4.32. The number of alkyl halides is 3.